The molecule has 15 heteroatoms. The average Bonchev–Trinajstić information content (AvgIpc) is 3.92. The van der Waals surface area contributed by atoms with Crippen molar-refractivity contribution in [1.82, 2.24) is 0 Å². The van der Waals surface area contributed by atoms with Crippen molar-refractivity contribution in [3.63, 3.8) is 0 Å². The summed E-state index contributed by atoms with van der Waals surface area (Å²) in [5.41, 5.74) is 2.26. The number of unbranched alkanes of at least 4 members (excludes halogenated alkanes) is 3. The first kappa shape index (κ1) is 47.4. The van der Waals surface area contributed by atoms with Crippen molar-refractivity contribution >= 4 is 35.8 Å². The van der Waals surface area contributed by atoms with Crippen LogP contribution in [0.1, 0.15) is 70.4 Å². The van der Waals surface area contributed by atoms with Crippen molar-refractivity contribution in [3.05, 3.63) is 145 Å². The van der Waals surface area contributed by atoms with Gasteiger partial charge in [0.05, 0.1) is 37.6 Å². The van der Waals surface area contributed by atoms with Crippen LogP contribution in [0.4, 0.5) is 0 Å². The minimum absolute atomic E-state index is 0.0363. The predicted molar refractivity (Wildman–Crippen MR) is 233 cm³/mol. The Balaban J connectivity index is 0.854. The van der Waals surface area contributed by atoms with E-state index in [4.69, 9.17) is 42.6 Å². The van der Waals surface area contributed by atoms with Gasteiger partial charge < -0.3 is 42.6 Å². The highest BCUT2D eigenvalue weighted by Crippen LogP contribution is 2.32. The van der Waals surface area contributed by atoms with Gasteiger partial charge in [0.15, 0.2) is 12.2 Å². The van der Waals surface area contributed by atoms with E-state index in [2.05, 4.69) is 13.2 Å². The van der Waals surface area contributed by atoms with Gasteiger partial charge in [-0.1, -0.05) is 37.4 Å². The molecule has 4 aromatic carbocycles. The maximum atomic E-state index is 13.0. The van der Waals surface area contributed by atoms with E-state index in [1.165, 1.54) is 48.5 Å². The Morgan fingerprint density at radius 2 is 0.923 bits per heavy atom. The highest BCUT2D eigenvalue weighted by molar-refractivity contribution is 5.90. The van der Waals surface area contributed by atoms with Gasteiger partial charge >= 0.3 is 35.8 Å². The van der Waals surface area contributed by atoms with Crippen LogP contribution in [0, 0.1) is 0 Å². The summed E-state index contributed by atoms with van der Waals surface area (Å²) in [7, 11) is 0. The number of aryl methyl sites for hydroxylation is 2. The van der Waals surface area contributed by atoms with E-state index in [9.17, 15) is 28.8 Å². The number of carbonyl (C=O) groups excluding carboxylic acids is 6. The third-order valence-electron chi connectivity index (χ3n) is 10.3. The minimum Gasteiger partial charge on any atom is -0.494 e. The van der Waals surface area contributed by atoms with Gasteiger partial charge in [0.2, 0.25) is 0 Å². The molecule has 2 fully saturated rings. The number of hydrogen-bond acceptors (Lipinski definition) is 15. The standard InChI is InChI=1S/C50H50O15/c1-3-43(51)58-30-8-6-5-7-29-57-37-19-9-33(10-20-37)13-27-45(53)62-39-23-15-35(16-24-39)49(55)64-41-31-59-48-42(32-60-47(41)48)65-50(56)36-17-25-40(26-18-36)63-46(54)28-14-34-11-21-38(22-12-34)61-44(52)4-2/h3-4,9-12,15-26,41-42,47-48H,1-2,5-8,13-14,27-32H2/t41-,42-,47?,48?/m1/s1. The van der Waals surface area contributed by atoms with Crippen LogP contribution in [0.15, 0.2) is 122 Å². The largest absolute Gasteiger partial charge is 0.494 e. The van der Waals surface area contributed by atoms with E-state index in [1.54, 1.807) is 24.3 Å². The van der Waals surface area contributed by atoms with Crippen LogP contribution < -0.4 is 18.9 Å². The smallest absolute Gasteiger partial charge is 0.338 e. The quantitative estimate of drug-likeness (QED) is 0.0242. The SMILES string of the molecule is C=CC(=O)OCCCCCCOc1ccc(CCC(=O)Oc2ccc(C(=O)O[C@@H]3COC4C3OC[C@H]4OC(=O)c3ccc(OC(=O)CCc4ccc(OC(=O)C=C)cc4)cc3)cc2)cc1. The minimum atomic E-state index is -0.750. The fourth-order valence-corrected chi connectivity index (χ4v) is 6.83. The summed E-state index contributed by atoms with van der Waals surface area (Å²) in [5, 5.41) is 0. The van der Waals surface area contributed by atoms with E-state index >= 15 is 0 Å². The molecule has 0 amide bonds. The molecule has 0 spiro atoms. The molecule has 65 heavy (non-hydrogen) atoms. The number of ether oxygens (including phenoxy) is 9. The molecule has 2 unspecified atom stereocenters. The third kappa shape index (κ3) is 14.7. The lowest BCUT2D eigenvalue weighted by Crippen LogP contribution is -2.36. The van der Waals surface area contributed by atoms with Gasteiger partial charge in [0.25, 0.3) is 0 Å². The third-order valence-corrected chi connectivity index (χ3v) is 10.3. The van der Waals surface area contributed by atoms with E-state index < -0.39 is 60.2 Å². The molecule has 2 aliphatic rings. The van der Waals surface area contributed by atoms with Crippen molar-refractivity contribution in [2.75, 3.05) is 26.4 Å². The van der Waals surface area contributed by atoms with Gasteiger partial charge in [-0.25, -0.2) is 19.2 Å². The van der Waals surface area contributed by atoms with E-state index in [0.29, 0.717) is 31.8 Å². The first-order valence-corrected chi connectivity index (χ1v) is 21.3. The zero-order valence-electron chi connectivity index (χ0n) is 35.7. The van der Waals surface area contributed by atoms with Crippen LogP contribution in [-0.2, 0) is 55.7 Å². The van der Waals surface area contributed by atoms with Crippen LogP contribution in [0.2, 0.25) is 0 Å². The molecule has 6 rings (SSSR count). The lowest BCUT2D eigenvalue weighted by molar-refractivity contribution is -0.138. The number of carbonyl (C=O) groups is 6. The fourth-order valence-electron chi connectivity index (χ4n) is 6.83. The van der Waals surface area contributed by atoms with Gasteiger partial charge in [0.1, 0.15) is 35.2 Å². The Kier molecular flexibility index (Phi) is 17.6. The van der Waals surface area contributed by atoms with Crippen LogP contribution in [-0.4, -0.2) is 86.7 Å². The molecule has 2 heterocycles. The monoisotopic (exact) mass is 890 g/mol. The summed E-state index contributed by atoms with van der Waals surface area (Å²) in [6, 6.07) is 26.2. The average molecular weight is 891 g/mol. The maximum absolute atomic E-state index is 13.0. The van der Waals surface area contributed by atoms with E-state index in [1.807, 2.05) is 24.3 Å². The molecule has 0 radical (unpaired) electrons. The van der Waals surface area contributed by atoms with E-state index in [0.717, 1.165) is 54.7 Å². The molecular weight excluding hydrogens is 841 g/mol. The Morgan fingerprint density at radius 3 is 1.38 bits per heavy atom. The summed E-state index contributed by atoms with van der Waals surface area (Å²) in [4.78, 5) is 73.5. The second-order valence-electron chi connectivity index (χ2n) is 15.0. The predicted octanol–water partition coefficient (Wildman–Crippen LogP) is 7.07. The van der Waals surface area contributed by atoms with Crippen LogP contribution in [0.3, 0.4) is 0 Å². The van der Waals surface area contributed by atoms with Crippen molar-refractivity contribution in [3.8, 4) is 23.0 Å². The Bertz CT molecular complexity index is 2270. The number of esters is 6. The Labute approximate surface area is 376 Å². The first-order chi connectivity index (χ1) is 31.6. The summed E-state index contributed by atoms with van der Waals surface area (Å²) < 4.78 is 49.8. The second kappa shape index (κ2) is 24.1. The number of rotatable bonds is 23. The van der Waals surface area contributed by atoms with Gasteiger partial charge in [-0.3, -0.25) is 9.59 Å². The molecular formula is C50H50O15. The molecule has 2 aliphatic heterocycles. The van der Waals surface area contributed by atoms with Gasteiger partial charge in [-0.05, 0) is 122 Å². The molecule has 0 N–H and O–H groups in total. The molecule has 4 aromatic rings. The zero-order chi connectivity index (χ0) is 46.0. The van der Waals surface area contributed by atoms with Crippen LogP contribution in [0.25, 0.3) is 0 Å². The summed E-state index contributed by atoms with van der Waals surface area (Å²) in [6.45, 7) is 7.76. The van der Waals surface area contributed by atoms with Gasteiger partial charge in [0, 0.05) is 25.0 Å². The topological polar surface area (TPSA) is 185 Å². The lowest BCUT2D eigenvalue weighted by Gasteiger charge is -2.17. The van der Waals surface area contributed by atoms with Crippen molar-refractivity contribution in [2.24, 2.45) is 0 Å². The Hall–Kier alpha value is -7.10. The lowest BCUT2D eigenvalue weighted by atomic mass is 10.1. The first-order valence-electron chi connectivity index (χ1n) is 21.3. The zero-order valence-corrected chi connectivity index (χ0v) is 35.7. The number of benzene rings is 4. The van der Waals surface area contributed by atoms with Crippen molar-refractivity contribution < 1.29 is 71.4 Å². The molecule has 15 nitrogen and oxygen atoms in total. The number of hydrogen-bond donors (Lipinski definition) is 0. The van der Waals surface area contributed by atoms with Crippen molar-refractivity contribution in [1.29, 1.82) is 0 Å². The van der Waals surface area contributed by atoms with E-state index in [-0.39, 0.29) is 48.7 Å². The molecule has 0 bridgehead atoms. The summed E-state index contributed by atoms with van der Waals surface area (Å²) in [5.74, 6) is -1.48. The highest BCUT2D eigenvalue weighted by atomic mass is 16.7. The molecule has 0 aromatic heterocycles. The molecule has 340 valence electrons. The molecule has 0 saturated carbocycles. The van der Waals surface area contributed by atoms with Gasteiger partial charge in [-0.2, -0.15) is 0 Å². The molecule has 4 atom stereocenters. The summed E-state index contributed by atoms with van der Waals surface area (Å²) in [6.07, 6.45) is 4.10. The molecule has 0 aliphatic carbocycles. The van der Waals surface area contributed by atoms with Gasteiger partial charge in [-0.15, -0.1) is 0 Å². The number of fused-ring (bicyclic) bond motifs is 1. The maximum Gasteiger partial charge on any atom is 0.338 e. The van der Waals surface area contributed by atoms with Crippen LogP contribution >= 0.6 is 0 Å². The normalized spacial score (nSPS) is 17.2. The second-order valence-corrected chi connectivity index (χ2v) is 15.0. The van der Waals surface area contributed by atoms with Crippen molar-refractivity contribution in [2.45, 2.75) is 75.8 Å². The Morgan fingerprint density at radius 1 is 0.508 bits per heavy atom. The molecule has 2 saturated heterocycles. The fraction of sp³-hybridized carbons (Fsp3) is 0.320. The highest BCUT2D eigenvalue weighted by Gasteiger charge is 2.51. The summed E-state index contributed by atoms with van der Waals surface area (Å²) >= 11 is 0. The van der Waals surface area contributed by atoms with Crippen LogP contribution in [0.5, 0.6) is 23.0 Å².